The number of hydrogen-bond donors (Lipinski definition) is 1. The second kappa shape index (κ2) is 10.3. The smallest absolute Gasteiger partial charge is 0.410 e. The number of nitrogens with zero attached hydrogens (tertiary/aromatic N) is 2. The van der Waals surface area contributed by atoms with Crippen molar-refractivity contribution in [1.82, 2.24) is 9.80 Å². The molecule has 1 saturated heterocycles. The minimum Gasteiger partial charge on any atom is -0.445 e. The lowest BCUT2D eigenvalue weighted by molar-refractivity contribution is -0.135. The Hall–Kier alpha value is -2.08. The molecule has 2 atom stereocenters. The van der Waals surface area contributed by atoms with Gasteiger partial charge in [-0.2, -0.15) is 0 Å². The molecule has 6 nitrogen and oxygen atoms in total. The molecule has 0 aliphatic carbocycles. The van der Waals surface area contributed by atoms with E-state index in [0.717, 1.165) is 24.9 Å². The van der Waals surface area contributed by atoms with Gasteiger partial charge in [0.1, 0.15) is 6.61 Å². The van der Waals surface area contributed by atoms with Gasteiger partial charge >= 0.3 is 6.09 Å². The van der Waals surface area contributed by atoms with Crippen LogP contribution >= 0.6 is 0 Å². The van der Waals surface area contributed by atoms with E-state index in [0.29, 0.717) is 19.6 Å². The summed E-state index contributed by atoms with van der Waals surface area (Å²) in [6.07, 6.45) is 1.64. The van der Waals surface area contributed by atoms with Crippen LogP contribution in [-0.4, -0.2) is 54.0 Å². The number of carbonyl (C=O) groups is 2. The van der Waals surface area contributed by atoms with Crippen LogP contribution in [0.5, 0.6) is 0 Å². The largest absolute Gasteiger partial charge is 0.445 e. The van der Waals surface area contributed by atoms with Gasteiger partial charge in [0.25, 0.3) is 0 Å². The van der Waals surface area contributed by atoms with E-state index in [9.17, 15) is 9.59 Å². The van der Waals surface area contributed by atoms with Gasteiger partial charge in [0.2, 0.25) is 5.91 Å². The maximum atomic E-state index is 12.5. The van der Waals surface area contributed by atoms with Crippen LogP contribution in [-0.2, 0) is 16.1 Å². The molecule has 1 aliphatic heterocycles. The van der Waals surface area contributed by atoms with Gasteiger partial charge in [-0.15, -0.1) is 0 Å². The number of nitrogens with two attached hydrogens (primary N) is 1. The Morgan fingerprint density at radius 3 is 2.63 bits per heavy atom. The Bertz CT molecular complexity index is 606. The lowest BCUT2D eigenvalue weighted by Gasteiger charge is -2.36. The van der Waals surface area contributed by atoms with Crippen LogP contribution in [0.4, 0.5) is 4.79 Å². The first-order valence-electron chi connectivity index (χ1n) is 9.92. The minimum absolute atomic E-state index is 0.0180. The molecule has 150 valence electrons. The van der Waals surface area contributed by atoms with Crippen LogP contribution in [0.25, 0.3) is 0 Å². The highest BCUT2D eigenvalue weighted by Crippen LogP contribution is 2.20. The van der Waals surface area contributed by atoms with E-state index in [2.05, 4.69) is 0 Å². The Labute approximate surface area is 162 Å². The molecule has 0 radical (unpaired) electrons. The summed E-state index contributed by atoms with van der Waals surface area (Å²) in [4.78, 5) is 28.6. The van der Waals surface area contributed by atoms with Gasteiger partial charge in [0, 0.05) is 26.2 Å². The molecule has 2 rings (SSSR count). The van der Waals surface area contributed by atoms with Crippen molar-refractivity contribution in [2.75, 3.05) is 26.2 Å². The topological polar surface area (TPSA) is 75.9 Å². The highest BCUT2D eigenvalue weighted by Gasteiger charge is 2.30. The second-order valence-electron chi connectivity index (χ2n) is 7.64. The predicted molar refractivity (Wildman–Crippen MR) is 106 cm³/mol. The van der Waals surface area contributed by atoms with Gasteiger partial charge in [0.05, 0.1) is 6.04 Å². The highest BCUT2D eigenvalue weighted by molar-refractivity contribution is 5.82. The van der Waals surface area contributed by atoms with E-state index >= 15 is 0 Å². The van der Waals surface area contributed by atoms with Crippen LogP contribution in [0.1, 0.15) is 39.2 Å². The van der Waals surface area contributed by atoms with Crippen molar-refractivity contribution < 1.29 is 14.3 Å². The molecule has 0 saturated carbocycles. The summed E-state index contributed by atoms with van der Waals surface area (Å²) in [6.45, 7) is 8.74. The van der Waals surface area contributed by atoms with Gasteiger partial charge in [-0.25, -0.2) is 4.79 Å². The monoisotopic (exact) mass is 375 g/mol. The van der Waals surface area contributed by atoms with E-state index in [1.54, 1.807) is 4.90 Å². The van der Waals surface area contributed by atoms with Crippen molar-refractivity contribution in [3.05, 3.63) is 35.9 Å². The van der Waals surface area contributed by atoms with Crippen molar-refractivity contribution in [3.8, 4) is 0 Å². The van der Waals surface area contributed by atoms with E-state index in [1.807, 2.05) is 56.0 Å². The zero-order chi connectivity index (χ0) is 19.8. The molecule has 1 aliphatic rings. The second-order valence-corrected chi connectivity index (χ2v) is 7.64. The van der Waals surface area contributed by atoms with Crippen LogP contribution in [0.3, 0.4) is 0 Å². The normalized spacial score (nSPS) is 18.3. The summed E-state index contributed by atoms with van der Waals surface area (Å²) in [5.74, 6) is 0.397. The summed E-state index contributed by atoms with van der Waals surface area (Å²) in [7, 11) is 0. The fourth-order valence-corrected chi connectivity index (χ4v) is 3.37. The van der Waals surface area contributed by atoms with E-state index < -0.39 is 6.04 Å². The lowest BCUT2D eigenvalue weighted by atomic mass is 9.95. The highest BCUT2D eigenvalue weighted by atomic mass is 16.6. The Balaban J connectivity index is 1.87. The van der Waals surface area contributed by atoms with Gasteiger partial charge in [-0.3, -0.25) is 4.79 Å². The molecule has 0 bridgehead atoms. The number of amides is 2. The first kappa shape index (κ1) is 21.2. The molecule has 1 aromatic carbocycles. The first-order valence-corrected chi connectivity index (χ1v) is 9.92. The van der Waals surface area contributed by atoms with Crippen molar-refractivity contribution in [2.45, 2.75) is 46.3 Å². The van der Waals surface area contributed by atoms with Crippen LogP contribution in [0.15, 0.2) is 30.3 Å². The van der Waals surface area contributed by atoms with Gasteiger partial charge < -0.3 is 20.3 Å². The summed E-state index contributed by atoms with van der Waals surface area (Å²) in [5, 5.41) is 0. The molecule has 27 heavy (non-hydrogen) atoms. The average Bonchev–Trinajstić information content (AvgIpc) is 2.70. The average molecular weight is 376 g/mol. The summed E-state index contributed by atoms with van der Waals surface area (Å²) in [5.41, 5.74) is 7.00. The van der Waals surface area contributed by atoms with Crippen molar-refractivity contribution in [3.63, 3.8) is 0 Å². The molecule has 1 heterocycles. The summed E-state index contributed by atoms with van der Waals surface area (Å²) < 4.78 is 5.45. The quantitative estimate of drug-likeness (QED) is 0.795. The molecule has 2 unspecified atom stereocenters. The molecule has 1 fully saturated rings. The third kappa shape index (κ3) is 6.24. The van der Waals surface area contributed by atoms with E-state index in [1.165, 1.54) is 0 Å². The maximum absolute atomic E-state index is 12.5. The number of benzene rings is 1. The maximum Gasteiger partial charge on any atom is 0.410 e. The standard InChI is InChI=1S/C21H33N3O3/c1-4-23(21(26)27-15-17-9-6-5-7-10-17)13-18-11-8-12-24(14-18)20(25)19(22)16(2)3/h5-7,9-10,16,18-19H,4,8,11-15,22H2,1-3H3. The fraction of sp³-hybridized carbons (Fsp3) is 0.619. The lowest BCUT2D eigenvalue weighted by Crippen LogP contribution is -2.51. The molecular formula is C21H33N3O3. The molecule has 0 aromatic heterocycles. The zero-order valence-electron chi connectivity index (χ0n) is 16.8. The Morgan fingerprint density at radius 2 is 2.00 bits per heavy atom. The number of rotatable bonds is 7. The molecule has 0 spiro atoms. The van der Waals surface area contributed by atoms with E-state index in [-0.39, 0.29) is 30.4 Å². The third-order valence-corrected chi connectivity index (χ3v) is 5.16. The SMILES string of the molecule is CCN(CC1CCCN(C(=O)C(N)C(C)C)C1)C(=O)OCc1ccccc1. The van der Waals surface area contributed by atoms with Crippen LogP contribution in [0, 0.1) is 11.8 Å². The molecule has 2 N–H and O–H groups in total. The fourth-order valence-electron chi connectivity index (χ4n) is 3.37. The van der Waals surface area contributed by atoms with Crippen LogP contribution in [0.2, 0.25) is 0 Å². The predicted octanol–water partition coefficient (Wildman–Crippen LogP) is 2.87. The number of hydrogen-bond acceptors (Lipinski definition) is 4. The number of likely N-dealkylation sites (tertiary alicyclic amines) is 1. The van der Waals surface area contributed by atoms with Crippen LogP contribution < -0.4 is 5.73 Å². The molecule has 2 amide bonds. The molecular weight excluding hydrogens is 342 g/mol. The Kier molecular flexibility index (Phi) is 8.10. The van der Waals surface area contributed by atoms with Crippen molar-refractivity contribution in [2.24, 2.45) is 17.6 Å². The van der Waals surface area contributed by atoms with Gasteiger partial charge in [-0.05, 0) is 37.2 Å². The Morgan fingerprint density at radius 1 is 1.30 bits per heavy atom. The zero-order valence-corrected chi connectivity index (χ0v) is 16.8. The third-order valence-electron chi connectivity index (χ3n) is 5.16. The number of carbonyl (C=O) groups excluding carboxylic acids is 2. The van der Waals surface area contributed by atoms with E-state index in [4.69, 9.17) is 10.5 Å². The van der Waals surface area contributed by atoms with Crippen molar-refractivity contribution >= 4 is 12.0 Å². The molecule has 1 aromatic rings. The van der Waals surface area contributed by atoms with Crippen molar-refractivity contribution in [1.29, 1.82) is 0 Å². The van der Waals surface area contributed by atoms with Gasteiger partial charge in [-0.1, -0.05) is 44.2 Å². The first-order chi connectivity index (χ1) is 12.9. The number of piperidine rings is 1. The minimum atomic E-state index is -0.457. The van der Waals surface area contributed by atoms with Gasteiger partial charge in [0.15, 0.2) is 0 Å². The number of ether oxygens (including phenoxy) is 1. The summed E-state index contributed by atoms with van der Waals surface area (Å²) in [6, 6.07) is 9.21. The molecule has 6 heteroatoms. The summed E-state index contributed by atoms with van der Waals surface area (Å²) >= 11 is 0.